The summed E-state index contributed by atoms with van der Waals surface area (Å²) in [7, 11) is 0. The SMILES string of the molecule is O=CC1NO[C@@H]2COC[C@H]12. The minimum Gasteiger partial charge on any atom is -0.378 e. The van der Waals surface area contributed by atoms with Gasteiger partial charge in [-0.2, -0.15) is 5.48 Å². The lowest BCUT2D eigenvalue weighted by Gasteiger charge is -2.04. The van der Waals surface area contributed by atoms with Crippen LogP contribution in [0.3, 0.4) is 0 Å². The molecule has 1 unspecified atom stereocenters. The molecule has 56 valence electrons. The van der Waals surface area contributed by atoms with Crippen LogP contribution >= 0.6 is 0 Å². The minimum atomic E-state index is -0.160. The molecule has 2 fully saturated rings. The molecule has 4 nitrogen and oxygen atoms in total. The number of rotatable bonds is 1. The highest BCUT2D eigenvalue weighted by atomic mass is 16.7. The molecule has 2 saturated heterocycles. The normalized spacial score (nSPS) is 45.4. The number of hydrogen-bond acceptors (Lipinski definition) is 4. The fraction of sp³-hybridized carbons (Fsp3) is 0.833. The summed E-state index contributed by atoms with van der Waals surface area (Å²) in [6, 6.07) is -0.160. The number of hydrogen-bond donors (Lipinski definition) is 1. The number of carbonyl (C=O) groups excluding carboxylic acids is 1. The van der Waals surface area contributed by atoms with Crippen LogP contribution in [0.15, 0.2) is 0 Å². The van der Waals surface area contributed by atoms with Gasteiger partial charge in [-0.1, -0.05) is 0 Å². The maximum absolute atomic E-state index is 10.4. The van der Waals surface area contributed by atoms with Crippen molar-refractivity contribution in [2.24, 2.45) is 5.92 Å². The lowest BCUT2D eigenvalue weighted by molar-refractivity contribution is -0.111. The van der Waals surface area contributed by atoms with Crippen LogP contribution in [-0.2, 0) is 14.4 Å². The Bertz CT molecular complexity index is 150. The largest absolute Gasteiger partial charge is 0.378 e. The monoisotopic (exact) mass is 143 g/mol. The summed E-state index contributed by atoms with van der Waals surface area (Å²) in [5.74, 6) is 0.234. The van der Waals surface area contributed by atoms with Crippen LogP contribution in [0.4, 0.5) is 0 Å². The van der Waals surface area contributed by atoms with Crippen molar-refractivity contribution in [1.29, 1.82) is 0 Å². The first-order valence-corrected chi connectivity index (χ1v) is 3.36. The van der Waals surface area contributed by atoms with E-state index in [1.54, 1.807) is 0 Å². The summed E-state index contributed by atoms with van der Waals surface area (Å²) < 4.78 is 5.12. The Morgan fingerprint density at radius 1 is 1.50 bits per heavy atom. The molecule has 0 saturated carbocycles. The molecule has 1 N–H and O–H groups in total. The molecule has 0 bridgehead atoms. The van der Waals surface area contributed by atoms with E-state index in [1.807, 2.05) is 0 Å². The number of fused-ring (bicyclic) bond motifs is 1. The van der Waals surface area contributed by atoms with E-state index in [2.05, 4.69) is 5.48 Å². The van der Waals surface area contributed by atoms with Crippen LogP contribution in [0.2, 0.25) is 0 Å². The summed E-state index contributed by atoms with van der Waals surface area (Å²) in [5.41, 5.74) is 2.66. The van der Waals surface area contributed by atoms with E-state index >= 15 is 0 Å². The van der Waals surface area contributed by atoms with Crippen molar-refractivity contribution in [3.05, 3.63) is 0 Å². The Morgan fingerprint density at radius 3 is 3.20 bits per heavy atom. The van der Waals surface area contributed by atoms with Gasteiger partial charge in [0.15, 0.2) is 0 Å². The summed E-state index contributed by atoms with van der Waals surface area (Å²) >= 11 is 0. The molecular weight excluding hydrogens is 134 g/mol. The minimum absolute atomic E-state index is 0.0928. The van der Waals surface area contributed by atoms with Gasteiger partial charge in [0, 0.05) is 5.92 Å². The van der Waals surface area contributed by atoms with Gasteiger partial charge in [-0.15, -0.1) is 0 Å². The predicted octanol–water partition coefficient (Wildman–Crippen LogP) is -0.896. The molecule has 3 atom stereocenters. The Kier molecular flexibility index (Phi) is 1.44. The molecule has 0 aromatic rings. The lowest BCUT2D eigenvalue weighted by Crippen LogP contribution is -2.29. The zero-order valence-corrected chi connectivity index (χ0v) is 5.45. The van der Waals surface area contributed by atoms with Crippen molar-refractivity contribution < 1.29 is 14.4 Å². The van der Waals surface area contributed by atoms with Gasteiger partial charge >= 0.3 is 0 Å². The maximum Gasteiger partial charge on any atom is 0.139 e. The average Bonchev–Trinajstić information content (AvgIpc) is 2.44. The smallest absolute Gasteiger partial charge is 0.139 e. The van der Waals surface area contributed by atoms with Crippen molar-refractivity contribution in [2.45, 2.75) is 12.1 Å². The molecule has 2 rings (SSSR count). The average molecular weight is 143 g/mol. The Labute approximate surface area is 58.4 Å². The Balaban J connectivity index is 2.07. The number of carbonyl (C=O) groups is 1. The van der Waals surface area contributed by atoms with Crippen LogP contribution in [0.1, 0.15) is 0 Å². The highest BCUT2D eigenvalue weighted by molar-refractivity contribution is 5.58. The fourth-order valence-corrected chi connectivity index (χ4v) is 1.39. The second-order valence-corrected chi connectivity index (χ2v) is 2.64. The topological polar surface area (TPSA) is 47.6 Å². The third kappa shape index (κ3) is 0.767. The molecule has 0 radical (unpaired) electrons. The van der Waals surface area contributed by atoms with E-state index < -0.39 is 0 Å². The zero-order chi connectivity index (χ0) is 6.97. The van der Waals surface area contributed by atoms with Crippen LogP contribution in [0.25, 0.3) is 0 Å². The fourth-order valence-electron chi connectivity index (χ4n) is 1.39. The van der Waals surface area contributed by atoms with Gasteiger partial charge < -0.3 is 9.53 Å². The molecule has 0 aromatic carbocycles. The predicted molar refractivity (Wildman–Crippen MR) is 32.2 cm³/mol. The molecule has 4 heteroatoms. The summed E-state index contributed by atoms with van der Waals surface area (Å²) in [6.07, 6.45) is 0.967. The van der Waals surface area contributed by atoms with E-state index in [0.717, 1.165) is 6.29 Å². The number of ether oxygens (including phenoxy) is 1. The van der Waals surface area contributed by atoms with Crippen LogP contribution < -0.4 is 5.48 Å². The van der Waals surface area contributed by atoms with Gasteiger partial charge in [0.1, 0.15) is 12.4 Å². The number of nitrogens with one attached hydrogen (secondary N) is 1. The Hall–Kier alpha value is -0.450. The molecule has 2 heterocycles. The first-order chi connectivity index (χ1) is 4.92. The lowest BCUT2D eigenvalue weighted by atomic mass is 10.0. The van der Waals surface area contributed by atoms with Gasteiger partial charge in [-0.25, -0.2) is 0 Å². The van der Waals surface area contributed by atoms with Gasteiger partial charge in [0.05, 0.1) is 19.3 Å². The molecule has 2 aliphatic rings. The third-order valence-corrected chi connectivity index (χ3v) is 2.03. The summed E-state index contributed by atoms with van der Waals surface area (Å²) in [4.78, 5) is 15.4. The zero-order valence-electron chi connectivity index (χ0n) is 5.45. The molecule has 0 spiro atoms. The molecule has 0 aliphatic carbocycles. The van der Waals surface area contributed by atoms with E-state index in [9.17, 15) is 4.79 Å². The van der Waals surface area contributed by atoms with E-state index in [0.29, 0.717) is 13.2 Å². The second kappa shape index (κ2) is 2.30. The summed E-state index contributed by atoms with van der Waals surface area (Å²) in [6.45, 7) is 1.25. The quantitative estimate of drug-likeness (QED) is 0.483. The highest BCUT2D eigenvalue weighted by Crippen LogP contribution is 2.24. The maximum atomic E-state index is 10.4. The van der Waals surface area contributed by atoms with Gasteiger partial charge in [-0.3, -0.25) is 4.84 Å². The van der Waals surface area contributed by atoms with Gasteiger partial charge in [0.25, 0.3) is 0 Å². The first kappa shape index (κ1) is 6.27. The van der Waals surface area contributed by atoms with E-state index in [-0.39, 0.29) is 18.1 Å². The van der Waals surface area contributed by atoms with E-state index in [1.165, 1.54) is 0 Å². The molecular formula is C6H9NO3. The molecule has 0 aromatic heterocycles. The van der Waals surface area contributed by atoms with E-state index in [4.69, 9.17) is 9.57 Å². The van der Waals surface area contributed by atoms with Crippen molar-refractivity contribution in [1.82, 2.24) is 5.48 Å². The summed E-state index contributed by atoms with van der Waals surface area (Å²) in [5, 5.41) is 0. The van der Waals surface area contributed by atoms with Crippen LogP contribution in [0, 0.1) is 5.92 Å². The Morgan fingerprint density at radius 2 is 2.40 bits per heavy atom. The van der Waals surface area contributed by atoms with Gasteiger partial charge in [-0.05, 0) is 0 Å². The van der Waals surface area contributed by atoms with Crippen molar-refractivity contribution in [3.63, 3.8) is 0 Å². The van der Waals surface area contributed by atoms with Crippen molar-refractivity contribution in [2.75, 3.05) is 13.2 Å². The van der Waals surface area contributed by atoms with Gasteiger partial charge in [0.2, 0.25) is 0 Å². The molecule has 10 heavy (non-hydrogen) atoms. The number of aldehydes is 1. The van der Waals surface area contributed by atoms with Crippen LogP contribution in [0.5, 0.6) is 0 Å². The van der Waals surface area contributed by atoms with Crippen molar-refractivity contribution >= 4 is 6.29 Å². The standard InChI is InChI=1S/C6H9NO3/c8-1-5-4-2-9-3-6(4)10-7-5/h1,4-7H,2-3H2/t4-,5?,6-/m1/s1. The molecule has 0 amide bonds. The highest BCUT2D eigenvalue weighted by Gasteiger charge is 2.41. The molecule has 2 aliphatic heterocycles. The third-order valence-electron chi connectivity index (χ3n) is 2.03. The second-order valence-electron chi connectivity index (χ2n) is 2.64. The van der Waals surface area contributed by atoms with Crippen LogP contribution in [-0.4, -0.2) is 31.6 Å². The number of hydroxylamine groups is 1. The van der Waals surface area contributed by atoms with Crippen molar-refractivity contribution in [3.8, 4) is 0 Å². The first-order valence-electron chi connectivity index (χ1n) is 3.36.